The van der Waals surface area contributed by atoms with Gasteiger partial charge in [0.15, 0.2) is 0 Å². The molecule has 0 spiro atoms. The Bertz CT molecular complexity index is 1170. The summed E-state index contributed by atoms with van der Waals surface area (Å²) >= 11 is 1.57. The van der Waals surface area contributed by atoms with Crippen molar-refractivity contribution in [2.45, 2.75) is 19.5 Å². The molecule has 140 valence electrons. The van der Waals surface area contributed by atoms with Gasteiger partial charge in [0.1, 0.15) is 5.69 Å². The molecule has 3 heterocycles. The Balaban J connectivity index is 1.40. The number of aryl methyl sites for hydroxylation is 1. The van der Waals surface area contributed by atoms with Crippen LogP contribution in [0, 0.1) is 0 Å². The molecular weight excluding hydrogens is 374 g/mol. The van der Waals surface area contributed by atoms with E-state index in [0.29, 0.717) is 16.6 Å². The third-order valence-corrected chi connectivity index (χ3v) is 5.17. The van der Waals surface area contributed by atoms with Gasteiger partial charge in [0.2, 0.25) is 5.91 Å². The van der Waals surface area contributed by atoms with E-state index in [2.05, 4.69) is 20.3 Å². The van der Waals surface area contributed by atoms with Crippen molar-refractivity contribution in [3.8, 4) is 10.6 Å². The van der Waals surface area contributed by atoms with Gasteiger partial charge in [0, 0.05) is 25.4 Å². The maximum atomic E-state index is 12.5. The van der Waals surface area contributed by atoms with Crippen LogP contribution in [0.3, 0.4) is 0 Å². The molecule has 1 aromatic carbocycles. The minimum Gasteiger partial charge on any atom is -0.350 e. The number of nitrogens with zero attached hydrogens (tertiary/aromatic N) is 4. The first-order valence-electron chi connectivity index (χ1n) is 8.77. The summed E-state index contributed by atoms with van der Waals surface area (Å²) in [5.41, 5.74) is 1.99. The fourth-order valence-corrected chi connectivity index (χ4v) is 3.62. The standard InChI is InChI=1S/C20H17N5O2S/c26-18(7-10-25-13-24-15-5-2-1-4-14(15)20(25)27)23-12-16-19(22-9-8-21-16)17-6-3-11-28-17/h1-6,8-9,11,13H,7,10,12H2,(H,23,26). The lowest BCUT2D eigenvalue weighted by Crippen LogP contribution is -2.27. The van der Waals surface area contributed by atoms with Gasteiger partial charge in [0.25, 0.3) is 5.56 Å². The summed E-state index contributed by atoms with van der Waals surface area (Å²) in [6.07, 6.45) is 4.91. The number of carbonyl (C=O) groups excluding carboxylic acids is 1. The molecule has 1 amide bonds. The Hall–Kier alpha value is -3.39. The van der Waals surface area contributed by atoms with E-state index in [4.69, 9.17) is 0 Å². The number of para-hydroxylation sites is 1. The minimum absolute atomic E-state index is 0.146. The van der Waals surface area contributed by atoms with Crippen molar-refractivity contribution in [2.75, 3.05) is 0 Å². The molecule has 28 heavy (non-hydrogen) atoms. The lowest BCUT2D eigenvalue weighted by Gasteiger charge is -2.09. The van der Waals surface area contributed by atoms with Gasteiger partial charge in [-0.3, -0.25) is 24.1 Å². The first-order chi connectivity index (χ1) is 13.7. The van der Waals surface area contributed by atoms with Gasteiger partial charge < -0.3 is 5.32 Å². The second-order valence-electron chi connectivity index (χ2n) is 6.12. The molecule has 7 nitrogen and oxygen atoms in total. The zero-order chi connectivity index (χ0) is 19.3. The van der Waals surface area contributed by atoms with E-state index in [0.717, 1.165) is 10.6 Å². The van der Waals surface area contributed by atoms with Crippen molar-refractivity contribution < 1.29 is 4.79 Å². The zero-order valence-electron chi connectivity index (χ0n) is 14.9. The highest BCUT2D eigenvalue weighted by Gasteiger charge is 2.11. The fourth-order valence-electron chi connectivity index (χ4n) is 2.87. The molecule has 0 fully saturated rings. The molecular formula is C20H17N5O2S. The van der Waals surface area contributed by atoms with Gasteiger partial charge in [-0.05, 0) is 23.6 Å². The second-order valence-corrected chi connectivity index (χ2v) is 7.06. The highest BCUT2D eigenvalue weighted by atomic mass is 32.1. The van der Waals surface area contributed by atoms with E-state index in [9.17, 15) is 9.59 Å². The van der Waals surface area contributed by atoms with E-state index >= 15 is 0 Å². The number of carbonyl (C=O) groups is 1. The zero-order valence-corrected chi connectivity index (χ0v) is 15.7. The van der Waals surface area contributed by atoms with Crippen LogP contribution in [-0.4, -0.2) is 25.4 Å². The van der Waals surface area contributed by atoms with Gasteiger partial charge in [0.05, 0.1) is 34.3 Å². The van der Waals surface area contributed by atoms with E-state index in [1.54, 1.807) is 41.9 Å². The quantitative estimate of drug-likeness (QED) is 0.546. The highest BCUT2D eigenvalue weighted by Crippen LogP contribution is 2.24. The Labute approximate surface area is 164 Å². The Morgan fingerprint density at radius 3 is 2.79 bits per heavy atom. The van der Waals surface area contributed by atoms with Crippen LogP contribution in [0.1, 0.15) is 12.1 Å². The molecule has 4 rings (SSSR count). The first kappa shape index (κ1) is 18.0. The third-order valence-electron chi connectivity index (χ3n) is 4.29. The largest absolute Gasteiger partial charge is 0.350 e. The van der Waals surface area contributed by atoms with Gasteiger partial charge in [-0.25, -0.2) is 4.98 Å². The molecule has 0 saturated carbocycles. The number of amides is 1. The van der Waals surface area contributed by atoms with Crippen LogP contribution < -0.4 is 10.9 Å². The summed E-state index contributed by atoms with van der Waals surface area (Å²) in [7, 11) is 0. The number of hydrogen-bond acceptors (Lipinski definition) is 6. The average Bonchev–Trinajstić information content (AvgIpc) is 3.27. The fraction of sp³-hybridized carbons (Fsp3) is 0.150. The normalized spacial score (nSPS) is 10.9. The van der Waals surface area contributed by atoms with Crippen LogP contribution >= 0.6 is 11.3 Å². The SMILES string of the molecule is O=C(CCn1cnc2ccccc2c1=O)NCc1nccnc1-c1cccs1. The Kier molecular flexibility index (Phi) is 5.20. The average molecular weight is 391 g/mol. The van der Waals surface area contributed by atoms with Gasteiger partial charge in [-0.15, -0.1) is 11.3 Å². The molecule has 0 aliphatic rings. The monoisotopic (exact) mass is 391 g/mol. The van der Waals surface area contributed by atoms with E-state index in [1.165, 1.54) is 10.9 Å². The third kappa shape index (κ3) is 3.81. The summed E-state index contributed by atoms with van der Waals surface area (Å²) in [4.78, 5) is 38.7. The van der Waals surface area contributed by atoms with Crippen molar-refractivity contribution >= 4 is 28.1 Å². The Morgan fingerprint density at radius 2 is 1.93 bits per heavy atom. The Morgan fingerprint density at radius 1 is 1.07 bits per heavy atom. The van der Waals surface area contributed by atoms with E-state index in [1.807, 2.05) is 23.6 Å². The number of hydrogen-bond donors (Lipinski definition) is 1. The smallest absolute Gasteiger partial charge is 0.261 e. The number of thiophene rings is 1. The van der Waals surface area contributed by atoms with Gasteiger partial charge >= 0.3 is 0 Å². The topological polar surface area (TPSA) is 89.8 Å². The maximum absolute atomic E-state index is 12.5. The molecule has 1 N–H and O–H groups in total. The number of aromatic nitrogens is 4. The van der Waals surface area contributed by atoms with Crippen LogP contribution in [0.2, 0.25) is 0 Å². The summed E-state index contributed by atoms with van der Waals surface area (Å²) < 4.78 is 1.46. The number of nitrogens with one attached hydrogen (secondary N) is 1. The van der Waals surface area contributed by atoms with E-state index in [-0.39, 0.29) is 31.0 Å². The van der Waals surface area contributed by atoms with Crippen LogP contribution in [0.5, 0.6) is 0 Å². The molecule has 0 unspecified atom stereocenters. The van der Waals surface area contributed by atoms with Crippen molar-refractivity contribution in [3.05, 3.63) is 76.5 Å². The highest BCUT2D eigenvalue weighted by molar-refractivity contribution is 7.13. The van der Waals surface area contributed by atoms with Crippen molar-refractivity contribution in [3.63, 3.8) is 0 Å². The predicted octanol–water partition coefficient (Wildman–Crippen LogP) is 2.62. The van der Waals surface area contributed by atoms with Gasteiger partial charge in [-0.1, -0.05) is 18.2 Å². The number of rotatable bonds is 6. The molecule has 0 aliphatic heterocycles. The molecule has 0 radical (unpaired) electrons. The summed E-state index contributed by atoms with van der Waals surface area (Å²) in [5, 5.41) is 5.38. The lowest BCUT2D eigenvalue weighted by atomic mass is 10.2. The molecule has 0 bridgehead atoms. The maximum Gasteiger partial charge on any atom is 0.261 e. The molecule has 0 saturated heterocycles. The van der Waals surface area contributed by atoms with Gasteiger partial charge in [-0.2, -0.15) is 0 Å². The van der Waals surface area contributed by atoms with Crippen LogP contribution in [0.15, 0.2) is 65.3 Å². The number of benzene rings is 1. The van der Waals surface area contributed by atoms with Crippen molar-refractivity contribution in [2.24, 2.45) is 0 Å². The van der Waals surface area contributed by atoms with Crippen LogP contribution in [0.25, 0.3) is 21.5 Å². The summed E-state index contributed by atoms with van der Waals surface area (Å²) in [6, 6.07) is 11.1. The van der Waals surface area contributed by atoms with Crippen molar-refractivity contribution in [1.82, 2.24) is 24.8 Å². The molecule has 3 aromatic heterocycles. The molecule has 4 aromatic rings. The summed E-state index contributed by atoms with van der Waals surface area (Å²) in [5.74, 6) is -0.164. The summed E-state index contributed by atoms with van der Waals surface area (Å²) in [6.45, 7) is 0.547. The minimum atomic E-state index is -0.164. The first-order valence-corrected chi connectivity index (χ1v) is 9.65. The van der Waals surface area contributed by atoms with Crippen molar-refractivity contribution in [1.29, 1.82) is 0 Å². The predicted molar refractivity (Wildman–Crippen MR) is 108 cm³/mol. The molecule has 0 atom stereocenters. The molecule has 8 heteroatoms. The number of fused-ring (bicyclic) bond motifs is 1. The lowest BCUT2D eigenvalue weighted by molar-refractivity contribution is -0.121. The molecule has 0 aliphatic carbocycles. The van der Waals surface area contributed by atoms with E-state index < -0.39 is 0 Å². The van der Waals surface area contributed by atoms with Crippen LogP contribution in [0.4, 0.5) is 0 Å². The second kappa shape index (κ2) is 8.10. The van der Waals surface area contributed by atoms with Crippen LogP contribution in [-0.2, 0) is 17.9 Å².